The summed E-state index contributed by atoms with van der Waals surface area (Å²) in [5, 5.41) is 5.80. The van der Waals surface area contributed by atoms with E-state index >= 15 is 0 Å². The first-order valence-electron chi connectivity index (χ1n) is 10.2. The lowest BCUT2D eigenvalue weighted by atomic mass is 9.91. The first-order valence-corrected chi connectivity index (χ1v) is 10.2. The van der Waals surface area contributed by atoms with Crippen LogP contribution in [0.4, 0.5) is 0 Å². The number of ketones is 1. The summed E-state index contributed by atoms with van der Waals surface area (Å²) in [4.78, 5) is 31.0. The van der Waals surface area contributed by atoms with E-state index in [1.807, 2.05) is 22.7 Å². The van der Waals surface area contributed by atoms with Crippen LogP contribution >= 0.6 is 12.4 Å². The van der Waals surface area contributed by atoms with Crippen LogP contribution in [0.25, 0.3) is 11.0 Å². The number of amides is 1. The van der Waals surface area contributed by atoms with Gasteiger partial charge in [0.15, 0.2) is 11.4 Å². The molecule has 31 heavy (non-hydrogen) atoms. The molecule has 3 aromatic rings. The lowest BCUT2D eigenvalue weighted by molar-refractivity contribution is -0.131. The van der Waals surface area contributed by atoms with Crippen molar-refractivity contribution in [2.24, 2.45) is 7.05 Å². The van der Waals surface area contributed by atoms with E-state index in [0.717, 1.165) is 35.1 Å². The number of carbonyl (C=O) groups excluding carboxylic acids is 2. The van der Waals surface area contributed by atoms with Gasteiger partial charge < -0.3 is 9.64 Å². The summed E-state index contributed by atoms with van der Waals surface area (Å²) in [6.45, 7) is 2.90. The molecule has 0 atom stereocenters. The SMILES string of the molecule is COc1ccc(C(C)=O)cc1CC(=O)N1CCC(c2nn(C)c3ncccc23)CC1.Cl. The molecule has 164 valence electrons. The predicted octanol–water partition coefficient (Wildman–Crippen LogP) is 3.55. The lowest BCUT2D eigenvalue weighted by Crippen LogP contribution is -2.39. The number of ether oxygens (including phenoxy) is 1. The number of likely N-dealkylation sites (tertiary alicyclic amines) is 1. The van der Waals surface area contributed by atoms with Crippen LogP contribution in [0.2, 0.25) is 0 Å². The highest BCUT2D eigenvalue weighted by Crippen LogP contribution is 2.32. The molecule has 1 aliphatic rings. The molecule has 0 bridgehead atoms. The Kier molecular flexibility index (Phi) is 6.95. The van der Waals surface area contributed by atoms with Gasteiger partial charge in [0.1, 0.15) is 5.75 Å². The largest absolute Gasteiger partial charge is 0.496 e. The molecule has 2 aromatic heterocycles. The summed E-state index contributed by atoms with van der Waals surface area (Å²) < 4.78 is 7.22. The number of aromatic nitrogens is 3. The van der Waals surface area contributed by atoms with E-state index in [2.05, 4.69) is 11.1 Å². The Morgan fingerprint density at radius 1 is 1.19 bits per heavy atom. The standard InChI is InChI=1S/C23H26N4O3.ClH/c1-15(28)17-6-7-20(30-3)18(13-17)14-21(29)27-11-8-16(9-12-27)22-19-5-4-10-24-23(19)26(2)25-22;/h4-7,10,13,16H,8-9,11-12,14H2,1-3H3;1H. The topological polar surface area (TPSA) is 77.3 Å². The van der Waals surface area contributed by atoms with Gasteiger partial charge in [-0.2, -0.15) is 5.10 Å². The van der Waals surface area contributed by atoms with Gasteiger partial charge in [0.05, 0.1) is 19.2 Å². The molecule has 0 aliphatic carbocycles. The van der Waals surface area contributed by atoms with Crippen LogP contribution < -0.4 is 4.74 Å². The number of rotatable bonds is 5. The molecule has 1 aromatic carbocycles. The normalized spacial score (nSPS) is 14.4. The van der Waals surface area contributed by atoms with Crippen LogP contribution in [-0.2, 0) is 18.3 Å². The van der Waals surface area contributed by atoms with Gasteiger partial charge in [0.25, 0.3) is 0 Å². The number of fused-ring (bicyclic) bond motifs is 1. The predicted molar refractivity (Wildman–Crippen MR) is 121 cm³/mol. The van der Waals surface area contributed by atoms with E-state index in [1.54, 1.807) is 31.5 Å². The van der Waals surface area contributed by atoms with E-state index in [1.165, 1.54) is 6.92 Å². The van der Waals surface area contributed by atoms with Crippen molar-refractivity contribution in [3.8, 4) is 5.75 Å². The molecular formula is C23H27ClN4O3. The van der Waals surface area contributed by atoms with Gasteiger partial charge in [-0.15, -0.1) is 12.4 Å². The van der Waals surface area contributed by atoms with Crippen molar-refractivity contribution in [3.05, 3.63) is 53.3 Å². The van der Waals surface area contributed by atoms with E-state index < -0.39 is 0 Å². The molecule has 0 N–H and O–H groups in total. The molecule has 1 fully saturated rings. The van der Waals surface area contributed by atoms with Crippen LogP contribution in [0.1, 0.15) is 47.3 Å². The molecule has 0 saturated carbocycles. The number of piperidine rings is 1. The lowest BCUT2D eigenvalue weighted by Gasteiger charge is -2.31. The van der Waals surface area contributed by atoms with Crippen molar-refractivity contribution >= 4 is 35.1 Å². The molecule has 1 saturated heterocycles. The first kappa shape index (κ1) is 22.7. The average Bonchev–Trinajstić information content (AvgIpc) is 3.10. The van der Waals surface area contributed by atoms with Crippen molar-refractivity contribution in [1.82, 2.24) is 19.7 Å². The zero-order chi connectivity index (χ0) is 21.3. The second-order valence-electron chi connectivity index (χ2n) is 7.80. The van der Waals surface area contributed by atoms with E-state index in [0.29, 0.717) is 30.3 Å². The number of Topliss-reactive ketones (excluding diaryl/α,β-unsaturated/α-hetero) is 1. The first-order chi connectivity index (χ1) is 14.5. The minimum atomic E-state index is -0.0238. The number of pyridine rings is 1. The van der Waals surface area contributed by atoms with Gasteiger partial charge in [-0.3, -0.25) is 14.3 Å². The number of carbonyl (C=O) groups is 2. The Morgan fingerprint density at radius 2 is 1.94 bits per heavy atom. The zero-order valence-electron chi connectivity index (χ0n) is 18.0. The highest BCUT2D eigenvalue weighted by molar-refractivity contribution is 5.94. The molecule has 7 nitrogen and oxygen atoms in total. The van der Waals surface area contributed by atoms with Crippen molar-refractivity contribution in [2.75, 3.05) is 20.2 Å². The minimum absolute atomic E-state index is 0. The Morgan fingerprint density at radius 3 is 2.61 bits per heavy atom. The summed E-state index contributed by atoms with van der Waals surface area (Å²) in [5.41, 5.74) is 3.30. The van der Waals surface area contributed by atoms with Crippen molar-refractivity contribution in [2.45, 2.75) is 32.1 Å². The van der Waals surface area contributed by atoms with Crippen LogP contribution in [0.3, 0.4) is 0 Å². The fourth-order valence-electron chi connectivity index (χ4n) is 4.23. The number of benzene rings is 1. The van der Waals surface area contributed by atoms with Crippen LogP contribution in [0, 0.1) is 0 Å². The molecule has 8 heteroatoms. The average molecular weight is 443 g/mol. The third kappa shape index (κ3) is 4.56. The van der Waals surface area contributed by atoms with Crippen LogP contribution in [0.5, 0.6) is 5.75 Å². The van der Waals surface area contributed by atoms with E-state index in [4.69, 9.17) is 9.84 Å². The number of hydrogen-bond acceptors (Lipinski definition) is 5. The monoisotopic (exact) mass is 442 g/mol. The number of methoxy groups -OCH3 is 1. The van der Waals surface area contributed by atoms with Crippen molar-refractivity contribution in [1.29, 1.82) is 0 Å². The van der Waals surface area contributed by atoms with Gasteiger partial charge in [-0.1, -0.05) is 0 Å². The van der Waals surface area contributed by atoms with Crippen molar-refractivity contribution in [3.63, 3.8) is 0 Å². The van der Waals surface area contributed by atoms with Gasteiger partial charge >= 0.3 is 0 Å². The highest BCUT2D eigenvalue weighted by Gasteiger charge is 2.27. The molecule has 3 heterocycles. The second kappa shape index (κ2) is 9.47. The Hall–Kier alpha value is -2.93. The molecule has 0 unspecified atom stereocenters. The van der Waals surface area contributed by atoms with E-state index in [-0.39, 0.29) is 30.5 Å². The Labute approximate surface area is 187 Å². The Balaban J connectivity index is 0.00000272. The fourth-order valence-corrected chi connectivity index (χ4v) is 4.23. The maximum Gasteiger partial charge on any atom is 0.227 e. The fraction of sp³-hybridized carbons (Fsp3) is 0.391. The van der Waals surface area contributed by atoms with Gasteiger partial charge in [0.2, 0.25) is 5.91 Å². The molecule has 0 spiro atoms. The highest BCUT2D eigenvalue weighted by atomic mass is 35.5. The quantitative estimate of drug-likeness (QED) is 0.565. The molecule has 4 rings (SSSR count). The number of halogens is 1. The maximum atomic E-state index is 12.9. The minimum Gasteiger partial charge on any atom is -0.496 e. The third-order valence-electron chi connectivity index (χ3n) is 5.89. The molecule has 1 aliphatic heterocycles. The smallest absolute Gasteiger partial charge is 0.227 e. The van der Waals surface area contributed by atoms with Crippen LogP contribution in [-0.4, -0.2) is 51.6 Å². The van der Waals surface area contributed by atoms with Gasteiger partial charge in [-0.25, -0.2) is 4.98 Å². The summed E-state index contributed by atoms with van der Waals surface area (Å²) >= 11 is 0. The summed E-state index contributed by atoms with van der Waals surface area (Å²) in [7, 11) is 3.49. The molecule has 1 amide bonds. The van der Waals surface area contributed by atoms with Crippen molar-refractivity contribution < 1.29 is 14.3 Å². The number of nitrogens with zero attached hydrogens (tertiary/aromatic N) is 4. The Bertz CT molecular complexity index is 1100. The summed E-state index contributed by atoms with van der Waals surface area (Å²) in [5.74, 6) is 0.984. The molecular weight excluding hydrogens is 416 g/mol. The van der Waals surface area contributed by atoms with Gasteiger partial charge in [-0.05, 0) is 50.1 Å². The van der Waals surface area contributed by atoms with E-state index in [9.17, 15) is 9.59 Å². The number of aryl methyl sites for hydroxylation is 1. The van der Waals surface area contributed by atoms with Crippen LogP contribution in [0.15, 0.2) is 36.5 Å². The third-order valence-corrected chi connectivity index (χ3v) is 5.89. The zero-order valence-corrected chi connectivity index (χ0v) is 18.8. The second-order valence-corrected chi connectivity index (χ2v) is 7.80. The summed E-state index contributed by atoms with van der Waals surface area (Å²) in [6.07, 6.45) is 3.75. The maximum absolute atomic E-state index is 12.9. The van der Waals surface area contributed by atoms with Gasteiger partial charge in [0, 0.05) is 48.8 Å². The number of hydrogen-bond donors (Lipinski definition) is 0. The molecule has 0 radical (unpaired) electrons. The summed E-state index contributed by atoms with van der Waals surface area (Å²) in [6, 6.07) is 9.25.